The molecule has 0 bridgehead atoms. The number of hydrogen-bond acceptors (Lipinski definition) is 2. The number of rotatable bonds is 9. The highest BCUT2D eigenvalue weighted by molar-refractivity contribution is 9.10. The van der Waals surface area contributed by atoms with Crippen LogP contribution < -0.4 is 5.32 Å². The molecule has 0 aliphatic heterocycles. The first-order chi connectivity index (χ1) is 10.0. The van der Waals surface area contributed by atoms with E-state index in [0.29, 0.717) is 12.1 Å². The van der Waals surface area contributed by atoms with Gasteiger partial charge < -0.3 is 10.4 Å². The van der Waals surface area contributed by atoms with Crippen molar-refractivity contribution in [3.63, 3.8) is 0 Å². The second kappa shape index (κ2) is 9.55. The number of halogens is 1. The van der Waals surface area contributed by atoms with Gasteiger partial charge in [-0.25, -0.2) is 0 Å². The predicted octanol–water partition coefficient (Wildman–Crippen LogP) is 3.91. The fourth-order valence-electron chi connectivity index (χ4n) is 2.05. The van der Waals surface area contributed by atoms with E-state index in [1.807, 2.05) is 19.1 Å². The van der Waals surface area contributed by atoms with Gasteiger partial charge in [0.1, 0.15) is 0 Å². The third-order valence-corrected chi connectivity index (χ3v) is 4.34. The maximum absolute atomic E-state index is 12.0. The summed E-state index contributed by atoms with van der Waals surface area (Å²) in [6.45, 7) is 2.61. The van der Waals surface area contributed by atoms with Gasteiger partial charge in [0.05, 0.1) is 5.56 Å². The van der Waals surface area contributed by atoms with Crippen LogP contribution in [0.25, 0.3) is 0 Å². The minimum atomic E-state index is -0.731. The number of carboxylic acids is 1. The van der Waals surface area contributed by atoms with Gasteiger partial charge in [0.15, 0.2) is 0 Å². The number of carbonyl (C=O) groups excluding carboxylic acids is 1. The molecule has 0 aromatic heterocycles. The lowest BCUT2D eigenvalue weighted by Gasteiger charge is -2.08. The van der Waals surface area contributed by atoms with E-state index in [4.69, 9.17) is 5.11 Å². The van der Waals surface area contributed by atoms with Gasteiger partial charge in [0.2, 0.25) is 0 Å². The Hall–Kier alpha value is -1.36. The van der Waals surface area contributed by atoms with Crippen LogP contribution in [-0.2, 0) is 4.79 Å². The average molecular weight is 356 g/mol. The van der Waals surface area contributed by atoms with Crippen molar-refractivity contribution in [1.29, 1.82) is 0 Å². The van der Waals surface area contributed by atoms with Crippen molar-refractivity contribution < 1.29 is 14.7 Å². The number of hydrogen-bond donors (Lipinski definition) is 2. The highest BCUT2D eigenvalue weighted by Gasteiger charge is 2.10. The van der Waals surface area contributed by atoms with E-state index < -0.39 is 5.97 Å². The third-order valence-electron chi connectivity index (χ3n) is 3.29. The van der Waals surface area contributed by atoms with Crippen LogP contribution in [0, 0.1) is 6.92 Å². The van der Waals surface area contributed by atoms with Crippen molar-refractivity contribution in [1.82, 2.24) is 5.32 Å². The van der Waals surface area contributed by atoms with Crippen molar-refractivity contribution in [3.05, 3.63) is 33.8 Å². The molecular formula is C16H22BrNO3. The van der Waals surface area contributed by atoms with E-state index in [-0.39, 0.29) is 12.3 Å². The summed E-state index contributed by atoms with van der Waals surface area (Å²) < 4.78 is 0.844. The first-order valence-corrected chi connectivity index (χ1v) is 8.06. The number of aliphatic carboxylic acids is 1. The molecule has 0 radical (unpaired) electrons. The van der Waals surface area contributed by atoms with Crippen molar-refractivity contribution in [2.45, 2.75) is 45.4 Å². The van der Waals surface area contributed by atoms with Crippen LogP contribution in [0.15, 0.2) is 22.7 Å². The van der Waals surface area contributed by atoms with Gasteiger partial charge in [0, 0.05) is 17.4 Å². The highest BCUT2D eigenvalue weighted by Crippen LogP contribution is 2.20. The molecule has 21 heavy (non-hydrogen) atoms. The summed E-state index contributed by atoms with van der Waals surface area (Å²) in [5.74, 6) is -0.789. The molecule has 0 saturated heterocycles. The molecule has 1 rings (SSSR count). The summed E-state index contributed by atoms with van der Waals surface area (Å²) in [6.07, 6.45) is 4.86. The molecule has 4 nitrogen and oxygen atoms in total. The Labute approximate surface area is 134 Å². The molecular weight excluding hydrogens is 334 g/mol. The fraction of sp³-hybridized carbons (Fsp3) is 0.500. The molecule has 1 aromatic carbocycles. The zero-order valence-electron chi connectivity index (χ0n) is 12.3. The van der Waals surface area contributed by atoms with Gasteiger partial charge in [-0.3, -0.25) is 9.59 Å². The Kier molecular flexibility index (Phi) is 8.05. The molecule has 0 saturated carbocycles. The number of unbranched alkanes of at least 4 members (excludes halogenated alkanes) is 4. The van der Waals surface area contributed by atoms with Crippen molar-refractivity contribution in [3.8, 4) is 0 Å². The molecule has 1 amide bonds. The maximum Gasteiger partial charge on any atom is 0.303 e. The minimum Gasteiger partial charge on any atom is -0.481 e. The van der Waals surface area contributed by atoms with Crippen LogP contribution >= 0.6 is 15.9 Å². The normalized spacial score (nSPS) is 10.4. The Balaban J connectivity index is 2.17. The summed E-state index contributed by atoms with van der Waals surface area (Å²) in [4.78, 5) is 22.4. The molecule has 1 aromatic rings. The first-order valence-electron chi connectivity index (χ1n) is 7.27. The van der Waals surface area contributed by atoms with E-state index in [9.17, 15) is 9.59 Å². The SMILES string of the molecule is Cc1cccc(C(=O)NCCCCCCCC(=O)O)c1Br. The van der Waals surface area contributed by atoms with Crippen LogP contribution in [0.5, 0.6) is 0 Å². The molecule has 0 aliphatic carbocycles. The Morgan fingerprint density at radius 3 is 2.52 bits per heavy atom. The van der Waals surface area contributed by atoms with Crippen LogP contribution in [0.1, 0.15) is 54.4 Å². The second-order valence-electron chi connectivity index (χ2n) is 5.10. The topological polar surface area (TPSA) is 66.4 Å². The Morgan fingerprint density at radius 2 is 1.81 bits per heavy atom. The molecule has 5 heteroatoms. The first kappa shape index (κ1) is 17.7. The molecule has 0 unspecified atom stereocenters. The summed E-state index contributed by atoms with van der Waals surface area (Å²) >= 11 is 3.43. The number of benzene rings is 1. The molecule has 0 heterocycles. The molecule has 116 valence electrons. The van der Waals surface area contributed by atoms with E-state index in [0.717, 1.165) is 42.1 Å². The third kappa shape index (κ3) is 6.76. The zero-order valence-corrected chi connectivity index (χ0v) is 13.9. The second-order valence-corrected chi connectivity index (χ2v) is 5.90. The fourth-order valence-corrected chi connectivity index (χ4v) is 2.50. The van der Waals surface area contributed by atoms with Crippen LogP contribution in [0.2, 0.25) is 0 Å². The van der Waals surface area contributed by atoms with E-state index in [1.54, 1.807) is 6.07 Å². The summed E-state index contributed by atoms with van der Waals surface area (Å²) in [6, 6.07) is 5.63. The average Bonchev–Trinajstić information content (AvgIpc) is 2.44. The standard InChI is InChI=1S/C16H22BrNO3/c1-12-8-7-9-13(15(12)17)16(21)18-11-6-4-2-3-5-10-14(19)20/h7-9H,2-6,10-11H2,1H3,(H,18,21)(H,19,20). The lowest BCUT2D eigenvalue weighted by atomic mass is 10.1. The van der Waals surface area contributed by atoms with E-state index >= 15 is 0 Å². The largest absolute Gasteiger partial charge is 0.481 e. The monoisotopic (exact) mass is 355 g/mol. The number of carboxylic acid groups (broad SMARTS) is 1. The lowest BCUT2D eigenvalue weighted by molar-refractivity contribution is -0.137. The van der Waals surface area contributed by atoms with Gasteiger partial charge >= 0.3 is 5.97 Å². The predicted molar refractivity (Wildman–Crippen MR) is 86.6 cm³/mol. The van der Waals surface area contributed by atoms with Crippen LogP contribution in [0.3, 0.4) is 0 Å². The quantitative estimate of drug-likeness (QED) is 0.659. The van der Waals surface area contributed by atoms with Crippen LogP contribution in [0.4, 0.5) is 0 Å². The smallest absolute Gasteiger partial charge is 0.303 e. The summed E-state index contributed by atoms with van der Waals surface area (Å²) in [5.41, 5.74) is 1.71. The lowest BCUT2D eigenvalue weighted by Crippen LogP contribution is -2.24. The Bertz CT molecular complexity index is 488. The van der Waals surface area contributed by atoms with Gasteiger partial charge in [-0.2, -0.15) is 0 Å². The molecule has 0 spiro atoms. The number of amides is 1. The van der Waals surface area contributed by atoms with E-state index in [2.05, 4.69) is 21.2 Å². The number of nitrogens with one attached hydrogen (secondary N) is 1. The maximum atomic E-state index is 12.0. The van der Waals surface area contributed by atoms with Crippen molar-refractivity contribution in [2.24, 2.45) is 0 Å². The molecule has 2 N–H and O–H groups in total. The van der Waals surface area contributed by atoms with Crippen molar-refractivity contribution >= 4 is 27.8 Å². The Morgan fingerprint density at radius 1 is 1.14 bits per heavy atom. The number of aryl methyl sites for hydroxylation is 1. The van der Waals surface area contributed by atoms with E-state index in [1.165, 1.54) is 0 Å². The molecule has 0 fully saturated rings. The number of carbonyl (C=O) groups is 2. The van der Waals surface area contributed by atoms with Gasteiger partial charge in [-0.05, 0) is 47.3 Å². The van der Waals surface area contributed by atoms with Crippen molar-refractivity contribution in [2.75, 3.05) is 6.54 Å². The molecule has 0 aliphatic rings. The highest BCUT2D eigenvalue weighted by atomic mass is 79.9. The van der Waals surface area contributed by atoms with Crippen LogP contribution in [-0.4, -0.2) is 23.5 Å². The summed E-state index contributed by atoms with van der Waals surface area (Å²) in [7, 11) is 0. The zero-order chi connectivity index (χ0) is 15.7. The summed E-state index contributed by atoms with van der Waals surface area (Å²) in [5, 5.41) is 11.4. The van der Waals surface area contributed by atoms with Gasteiger partial charge in [-0.15, -0.1) is 0 Å². The minimum absolute atomic E-state index is 0.0588. The van der Waals surface area contributed by atoms with Gasteiger partial charge in [-0.1, -0.05) is 31.4 Å². The molecule has 0 atom stereocenters. The van der Waals surface area contributed by atoms with Gasteiger partial charge in [0.25, 0.3) is 5.91 Å².